The van der Waals surface area contributed by atoms with Crippen molar-refractivity contribution >= 4 is 28.8 Å². The fourth-order valence-corrected chi connectivity index (χ4v) is 3.56. The molecule has 0 saturated heterocycles. The van der Waals surface area contributed by atoms with Gasteiger partial charge >= 0.3 is 6.18 Å². The number of alkyl halides is 3. The summed E-state index contributed by atoms with van der Waals surface area (Å²) in [5.41, 5.74) is -2.39. The van der Waals surface area contributed by atoms with Gasteiger partial charge in [0.1, 0.15) is 11.5 Å². The first-order valence-corrected chi connectivity index (χ1v) is 8.89. The van der Waals surface area contributed by atoms with Crippen LogP contribution in [0, 0.1) is 5.82 Å². The summed E-state index contributed by atoms with van der Waals surface area (Å²) in [6, 6.07) is 8.37. The predicted octanol–water partition coefficient (Wildman–Crippen LogP) is 4.72. The van der Waals surface area contributed by atoms with Gasteiger partial charge in [-0.3, -0.25) is 4.79 Å². The zero-order valence-corrected chi connectivity index (χ0v) is 15.1. The Balaban J connectivity index is 1.84. The monoisotopic (exact) mass is 417 g/mol. The van der Waals surface area contributed by atoms with E-state index in [1.54, 1.807) is 12.1 Å². The van der Waals surface area contributed by atoms with Crippen molar-refractivity contribution in [1.82, 2.24) is 15.1 Å². The van der Waals surface area contributed by atoms with Crippen molar-refractivity contribution in [3.63, 3.8) is 0 Å². The SMILES string of the molecule is O=C(NCCc1ccc(Cl)s1)c1cnn(-c2ccccc2F)c1C(F)(F)F. The minimum atomic E-state index is -4.90. The van der Waals surface area contributed by atoms with Crippen molar-refractivity contribution < 1.29 is 22.4 Å². The molecule has 3 aromatic rings. The summed E-state index contributed by atoms with van der Waals surface area (Å²) < 4.78 is 55.5. The van der Waals surface area contributed by atoms with Crippen molar-refractivity contribution in [2.75, 3.05) is 6.54 Å². The quantitative estimate of drug-likeness (QED) is 0.611. The molecule has 0 saturated carbocycles. The smallest absolute Gasteiger partial charge is 0.352 e. The van der Waals surface area contributed by atoms with E-state index < -0.39 is 34.8 Å². The standard InChI is InChI=1S/C17H12ClF4N3OS/c18-14-6-5-10(27-14)7-8-23-16(26)11-9-24-25(15(11)17(20,21)22)13-4-2-1-3-12(13)19/h1-6,9H,7-8H2,(H,23,26). The van der Waals surface area contributed by atoms with Crippen LogP contribution in [0.3, 0.4) is 0 Å². The topological polar surface area (TPSA) is 46.9 Å². The summed E-state index contributed by atoms with van der Waals surface area (Å²) >= 11 is 7.13. The van der Waals surface area contributed by atoms with E-state index >= 15 is 0 Å². The van der Waals surface area contributed by atoms with E-state index in [9.17, 15) is 22.4 Å². The number of carbonyl (C=O) groups is 1. The molecule has 0 aliphatic carbocycles. The number of benzene rings is 1. The fraction of sp³-hybridized carbons (Fsp3) is 0.176. The van der Waals surface area contributed by atoms with E-state index in [0.717, 1.165) is 23.2 Å². The molecule has 0 aliphatic heterocycles. The van der Waals surface area contributed by atoms with E-state index in [2.05, 4.69) is 10.4 Å². The van der Waals surface area contributed by atoms with E-state index in [4.69, 9.17) is 11.6 Å². The number of aromatic nitrogens is 2. The molecule has 0 bridgehead atoms. The summed E-state index contributed by atoms with van der Waals surface area (Å²) in [6.07, 6.45) is -3.69. The number of hydrogen-bond acceptors (Lipinski definition) is 3. The highest BCUT2D eigenvalue weighted by Gasteiger charge is 2.40. The number of nitrogens with zero attached hydrogens (tertiary/aromatic N) is 2. The van der Waals surface area contributed by atoms with Gasteiger partial charge in [-0.15, -0.1) is 11.3 Å². The van der Waals surface area contributed by atoms with Gasteiger partial charge in [-0.05, 0) is 30.7 Å². The Morgan fingerprint density at radius 2 is 1.96 bits per heavy atom. The molecule has 10 heteroatoms. The predicted molar refractivity (Wildman–Crippen MR) is 93.9 cm³/mol. The Kier molecular flexibility index (Phi) is 5.52. The summed E-state index contributed by atoms with van der Waals surface area (Å²) in [7, 11) is 0. The molecule has 1 N–H and O–H groups in total. The number of para-hydroxylation sites is 1. The molecular weight excluding hydrogens is 406 g/mol. The van der Waals surface area contributed by atoms with Crippen LogP contribution < -0.4 is 5.32 Å². The molecule has 1 aromatic carbocycles. The Hall–Kier alpha value is -2.39. The van der Waals surface area contributed by atoms with Crippen molar-refractivity contribution in [2.45, 2.75) is 12.6 Å². The lowest BCUT2D eigenvalue weighted by Crippen LogP contribution is -2.28. The minimum absolute atomic E-state index is 0.123. The Morgan fingerprint density at radius 3 is 2.59 bits per heavy atom. The number of thiophene rings is 1. The maximum absolute atomic E-state index is 13.9. The van der Waals surface area contributed by atoms with Gasteiger partial charge < -0.3 is 5.32 Å². The number of nitrogens with one attached hydrogen (secondary N) is 1. The van der Waals surface area contributed by atoms with Crippen LogP contribution >= 0.6 is 22.9 Å². The number of amides is 1. The molecule has 2 aromatic heterocycles. The number of rotatable bonds is 5. The Labute approximate surface area is 160 Å². The normalized spacial score (nSPS) is 11.6. The van der Waals surface area contributed by atoms with Gasteiger partial charge in [0.2, 0.25) is 0 Å². The summed E-state index contributed by atoms with van der Waals surface area (Å²) in [6.45, 7) is 0.123. The van der Waals surface area contributed by atoms with Crippen molar-refractivity contribution in [1.29, 1.82) is 0 Å². The zero-order valence-electron chi connectivity index (χ0n) is 13.6. The first kappa shape index (κ1) is 19.4. The van der Waals surface area contributed by atoms with Crippen LogP contribution in [-0.4, -0.2) is 22.2 Å². The average molecular weight is 418 g/mol. The average Bonchev–Trinajstić information content (AvgIpc) is 3.21. The maximum Gasteiger partial charge on any atom is 0.434 e. The highest BCUT2D eigenvalue weighted by molar-refractivity contribution is 7.16. The van der Waals surface area contributed by atoms with E-state index in [1.807, 2.05) is 0 Å². The highest BCUT2D eigenvalue weighted by atomic mass is 35.5. The first-order valence-electron chi connectivity index (χ1n) is 7.70. The third kappa shape index (κ3) is 4.30. The van der Waals surface area contributed by atoms with E-state index in [1.165, 1.54) is 23.5 Å². The van der Waals surface area contributed by atoms with Gasteiger partial charge in [0.05, 0.1) is 16.1 Å². The van der Waals surface area contributed by atoms with Crippen LogP contribution in [0.4, 0.5) is 17.6 Å². The molecule has 1 amide bonds. The molecular formula is C17H12ClF4N3OS. The minimum Gasteiger partial charge on any atom is -0.352 e. The second-order valence-corrected chi connectivity index (χ2v) is 7.28. The molecule has 142 valence electrons. The summed E-state index contributed by atoms with van der Waals surface area (Å²) in [5, 5.41) is 6.01. The highest BCUT2D eigenvalue weighted by Crippen LogP contribution is 2.34. The van der Waals surface area contributed by atoms with Crippen molar-refractivity contribution in [3.8, 4) is 5.69 Å². The third-order valence-corrected chi connectivity index (χ3v) is 4.94. The van der Waals surface area contributed by atoms with Gasteiger partial charge in [0, 0.05) is 11.4 Å². The molecule has 0 atom stereocenters. The first-order chi connectivity index (χ1) is 12.8. The molecule has 27 heavy (non-hydrogen) atoms. The van der Waals surface area contributed by atoms with Gasteiger partial charge in [-0.1, -0.05) is 23.7 Å². The number of halogens is 5. The number of hydrogen-bond donors (Lipinski definition) is 1. The summed E-state index contributed by atoms with van der Waals surface area (Å²) in [4.78, 5) is 13.1. The molecule has 0 fully saturated rings. The van der Waals surface area contributed by atoms with E-state index in [0.29, 0.717) is 15.4 Å². The zero-order chi connectivity index (χ0) is 19.6. The molecule has 0 spiro atoms. The van der Waals surface area contributed by atoms with Gasteiger partial charge in [0.15, 0.2) is 5.69 Å². The Morgan fingerprint density at radius 1 is 1.22 bits per heavy atom. The number of carbonyl (C=O) groups excluding carboxylic acids is 1. The lowest BCUT2D eigenvalue weighted by Gasteiger charge is -2.13. The van der Waals surface area contributed by atoms with Crippen LogP contribution in [0.15, 0.2) is 42.6 Å². The molecule has 0 unspecified atom stereocenters. The molecule has 2 heterocycles. The van der Waals surface area contributed by atoms with E-state index in [-0.39, 0.29) is 6.54 Å². The largest absolute Gasteiger partial charge is 0.434 e. The maximum atomic E-state index is 13.9. The van der Waals surface area contributed by atoms with Crippen LogP contribution in [0.25, 0.3) is 5.69 Å². The lowest BCUT2D eigenvalue weighted by molar-refractivity contribution is -0.143. The van der Waals surface area contributed by atoms with Gasteiger partial charge in [-0.25, -0.2) is 9.07 Å². The van der Waals surface area contributed by atoms with Crippen molar-refractivity contribution in [2.24, 2.45) is 0 Å². The van der Waals surface area contributed by atoms with Crippen LogP contribution in [-0.2, 0) is 12.6 Å². The molecule has 0 radical (unpaired) electrons. The van der Waals surface area contributed by atoms with Crippen molar-refractivity contribution in [3.05, 3.63) is 68.9 Å². The third-order valence-electron chi connectivity index (χ3n) is 3.65. The molecule has 4 nitrogen and oxygen atoms in total. The second-order valence-electron chi connectivity index (χ2n) is 5.48. The van der Waals surface area contributed by atoms with Crippen LogP contribution in [0.2, 0.25) is 4.34 Å². The van der Waals surface area contributed by atoms with Gasteiger partial charge in [0.25, 0.3) is 5.91 Å². The fourth-order valence-electron chi connectivity index (χ4n) is 2.47. The molecule has 0 aliphatic rings. The van der Waals surface area contributed by atoms with Gasteiger partial charge in [-0.2, -0.15) is 18.3 Å². The van der Waals surface area contributed by atoms with Crippen LogP contribution in [0.1, 0.15) is 20.9 Å². The second kappa shape index (κ2) is 7.69. The summed E-state index contributed by atoms with van der Waals surface area (Å²) in [5.74, 6) is -1.82. The molecule has 3 rings (SSSR count). The lowest BCUT2D eigenvalue weighted by atomic mass is 10.2. The Bertz CT molecular complexity index is 967. The van der Waals surface area contributed by atoms with Crippen LogP contribution in [0.5, 0.6) is 0 Å².